The molecule has 116 valence electrons. The van der Waals surface area contributed by atoms with Gasteiger partial charge in [0.1, 0.15) is 5.25 Å². The Morgan fingerprint density at radius 1 is 1.14 bits per heavy atom. The number of hydrogen-bond donors (Lipinski definition) is 1. The van der Waals surface area contributed by atoms with E-state index in [0.717, 1.165) is 6.42 Å². The molecule has 2 aromatic rings. The molecule has 1 aromatic carbocycles. The van der Waals surface area contributed by atoms with Gasteiger partial charge >= 0.3 is 0 Å². The zero-order valence-electron chi connectivity index (χ0n) is 11.6. The topological polar surface area (TPSA) is 89.0 Å². The Balaban J connectivity index is 2.12. The van der Waals surface area contributed by atoms with Crippen molar-refractivity contribution in [1.82, 2.24) is 15.3 Å². The van der Waals surface area contributed by atoms with Gasteiger partial charge in [-0.2, -0.15) is 0 Å². The van der Waals surface area contributed by atoms with E-state index in [-0.39, 0.29) is 16.6 Å². The third kappa shape index (κ3) is 2.66. The number of carbonyl (C=O) groups is 1. The zero-order valence-corrected chi connectivity index (χ0v) is 13.2. The first-order valence-electron chi connectivity index (χ1n) is 6.94. The normalized spacial score (nSPS) is 19.7. The molecular formula is C14H14ClN3O3S. The largest absolute Gasteiger partial charge is 0.355 e. The summed E-state index contributed by atoms with van der Waals surface area (Å²) in [6.45, 7) is 0.488. The third-order valence-electron chi connectivity index (χ3n) is 3.63. The molecule has 8 heteroatoms. The summed E-state index contributed by atoms with van der Waals surface area (Å²) in [6, 6.07) is 6.85. The lowest BCUT2D eigenvalue weighted by atomic mass is 10.2. The number of nitrogens with zero attached hydrogens (tertiary/aromatic N) is 2. The summed E-state index contributed by atoms with van der Waals surface area (Å²) in [6.07, 6.45) is 1.68. The SMILES string of the molecule is O=C1NCCCCC1S(=O)(=O)c1nc2ccccc2nc1Cl. The predicted octanol–water partition coefficient (Wildman–Crippen LogP) is 1.73. The summed E-state index contributed by atoms with van der Waals surface area (Å²) >= 11 is 6.01. The molecule has 1 aromatic heterocycles. The summed E-state index contributed by atoms with van der Waals surface area (Å²) in [4.78, 5) is 20.2. The van der Waals surface area contributed by atoms with Crippen molar-refractivity contribution in [1.29, 1.82) is 0 Å². The smallest absolute Gasteiger partial charge is 0.238 e. The van der Waals surface area contributed by atoms with Gasteiger partial charge in [-0.1, -0.05) is 23.7 Å². The molecule has 22 heavy (non-hydrogen) atoms. The van der Waals surface area contributed by atoms with Crippen LogP contribution in [0.2, 0.25) is 5.15 Å². The number of carbonyl (C=O) groups excluding carboxylic acids is 1. The van der Waals surface area contributed by atoms with Gasteiger partial charge in [0.2, 0.25) is 15.7 Å². The Kier molecular flexibility index (Phi) is 4.01. The summed E-state index contributed by atoms with van der Waals surface area (Å²) in [5, 5.41) is 0.931. The van der Waals surface area contributed by atoms with E-state index >= 15 is 0 Å². The second-order valence-electron chi connectivity index (χ2n) is 5.13. The molecule has 1 unspecified atom stereocenters. The van der Waals surface area contributed by atoms with Gasteiger partial charge in [0.05, 0.1) is 11.0 Å². The van der Waals surface area contributed by atoms with Crippen molar-refractivity contribution in [3.05, 3.63) is 29.4 Å². The van der Waals surface area contributed by atoms with Gasteiger partial charge < -0.3 is 5.32 Å². The second kappa shape index (κ2) is 5.81. The number of fused-ring (bicyclic) bond motifs is 1. The number of aromatic nitrogens is 2. The van der Waals surface area contributed by atoms with Crippen molar-refractivity contribution < 1.29 is 13.2 Å². The van der Waals surface area contributed by atoms with Crippen LogP contribution in [0.15, 0.2) is 29.3 Å². The van der Waals surface area contributed by atoms with E-state index < -0.39 is 21.0 Å². The number of hydrogen-bond acceptors (Lipinski definition) is 5. The van der Waals surface area contributed by atoms with E-state index in [1.54, 1.807) is 24.3 Å². The highest BCUT2D eigenvalue weighted by atomic mass is 35.5. The van der Waals surface area contributed by atoms with E-state index in [9.17, 15) is 13.2 Å². The summed E-state index contributed by atoms with van der Waals surface area (Å²) in [5.41, 5.74) is 0.941. The van der Waals surface area contributed by atoms with Crippen LogP contribution in [-0.4, -0.2) is 36.1 Å². The Labute approximate surface area is 132 Å². The molecule has 0 radical (unpaired) electrons. The van der Waals surface area contributed by atoms with Crippen LogP contribution in [-0.2, 0) is 14.6 Å². The van der Waals surface area contributed by atoms with E-state index in [0.29, 0.717) is 24.0 Å². The average Bonchev–Trinajstić information content (AvgIpc) is 2.71. The molecule has 0 bridgehead atoms. The Hall–Kier alpha value is -1.73. The first kappa shape index (κ1) is 15.2. The van der Waals surface area contributed by atoms with E-state index in [2.05, 4.69) is 15.3 Å². The van der Waals surface area contributed by atoms with Crippen LogP contribution in [0.5, 0.6) is 0 Å². The number of rotatable bonds is 2. The van der Waals surface area contributed by atoms with Crippen molar-refractivity contribution in [3.63, 3.8) is 0 Å². The van der Waals surface area contributed by atoms with Gasteiger partial charge in [0.25, 0.3) is 0 Å². The molecule has 1 amide bonds. The molecule has 1 saturated heterocycles. The van der Waals surface area contributed by atoms with Crippen LogP contribution in [0.3, 0.4) is 0 Å². The average molecular weight is 340 g/mol. The summed E-state index contributed by atoms with van der Waals surface area (Å²) in [7, 11) is -3.97. The van der Waals surface area contributed by atoms with Gasteiger partial charge in [0.15, 0.2) is 10.2 Å². The van der Waals surface area contributed by atoms with Crippen LogP contribution < -0.4 is 5.32 Å². The lowest BCUT2D eigenvalue weighted by Crippen LogP contribution is -2.38. The van der Waals surface area contributed by atoms with Crippen LogP contribution in [0.25, 0.3) is 11.0 Å². The quantitative estimate of drug-likeness (QED) is 0.900. The molecule has 1 atom stereocenters. The molecule has 1 fully saturated rings. The molecule has 0 aliphatic carbocycles. The van der Waals surface area contributed by atoms with Crippen LogP contribution in [0, 0.1) is 0 Å². The molecule has 1 aliphatic rings. The highest BCUT2D eigenvalue weighted by Crippen LogP contribution is 2.27. The van der Waals surface area contributed by atoms with Crippen LogP contribution in [0.1, 0.15) is 19.3 Å². The number of halogens is 1. The van der Waals surface area contributed by atoms with Crippen LogP contribution >= 0.6 is 11.6 Å². The number of benzene rings is 1. The van der Waals surface area contributed by atoms with E-state index in [4.69, 9.17) is 11.6 Å². The van der Waals surface area contributed by atoms with Gasteiger partial charge in [-0.15, -0.1) is 0 Å². The zero-order chi connectivity index (χ0) is 15.7. The predicted molar refractivity (Wildman–Crippen MR) is 82.4 cm³/mol. The standard InChI is InChI=1S/C14H14ClN3O3S/c15-12-14(18-10-6-2-1-5-9(10)17-12)22(20,21)11-7-3-4-8-16-13(11)19/h1-2,5-6,11H,3-4,7-8H2,(H,16,19). The molecule has 1 aliphatic heterocycles. The molecule has 6 nitrogen and oxygen atoms in total. The monoisotopic (exact) mass is 339 g/mol. The van der Waals surface area contributed by atoms with Crippen LogP contribution in [0.4, 0.5) is 0 Å². The minimum Gasteiger partial charge on any atom is -0.355 e. The van der Waals surface area contributed by atoms with Gasteiger partial charge in [0, 0.05) is 6.54 Å². The molecule has 2 heterocycles. The highest BCUT2D eigenvalue weighted by Gasteiger charge is 2.37. The van der Waals surface area contributed by atoms with E-state index in [1.165, 1.54) is 0 Å². The second-order valence-corrected chi connectivity index (χ2v) is 7.53. The van der Waals surface area contributed by atoms with Gasteiger partial charge in [-0.05, 0) is 31.4 Å². The lowest BCUT2D eigenvalue weighted by Gasteiger charge is -2.14. The third-order valence-corrected chi connectivity index (χ3v) is 6.03. The minimum absolute atomic E-state index is 0.198. The van der Waals surface area contributed by atoms with Crippen molar-refractivity contribution >= 4 is 38.4 Å². The van der Waals surface area contributed by atoms with Crippen molar-refractivity contribution in [3.8, 4) is 0 Å². The minimum atomic E-state index is -3.97. The van der Waals surface area contributed by atoms with Gasteiger partial charge in [-0.3, -0.25) is 4.79 Å². The fourth-order valence-corrected chi connectivity index (χ4v) is 4.56. The first-order chi connectivity index (χ1) is 10.5. The lowest BCUT2D eigenvalue weighted by molar-refractivity contribution is -0.120. The fraction of sp³-hybridized carbons (Fsp3) is 0.357. The number of para-hydroxylation sites is 2. The maximum absolute atomic E-state index is 12.8. The maximum Gasteiger partial charge on any atom is 0.238 e. The number of amides is 1. The maximum atomic E-state index is 12.8. The Morgan fingerprint density at radius 2 is 1.82 bits per heavy atom. The van der Waals surface area contributed by atoms with E-state index in [1.807, 2.05) is 0 Å². The summed E-state index contributed by atoms with van der Waals surface area (Å²) in [5.74, 6) is -0.497. The van der Waals surface area contributed by atoms with Crippen molar-refractivity contribution in [2.75, 3.05) is 6.54 Å². The molecule has 3 rings (SSSR count). The molecule has 1 N–H and O–H groups in total. The Bertz CT molecular complexity index is 838. The fourth-order valence-electron chi connectivity index (χ4n) is 2.49. The highest BCUT2D eigenvalue weighted by molar-refractivity contribution is 7.92. The number of sulfone groups is 1. The first-order valence-corrected chi connectivity index (χ1v) is 8.86. The summed E-state index contributed by atoms with van der Waals surface area (Å²) < 4.78 is 25.5. The Morgan fingerprint density at radius 3 is 2.55 bits per heavy atom. The number of nitrogens with one attached hydrogen (secondary N) is 1. The van der Waals surface area contributed by atoms with Crippen molar-refractivity contribution in [2.45, 2.75) is 29.5 Å². The van der Waals surface area contributed by atoms with Gasteiger partial charge in [-0.25, -0.2) is 18.4 Å². The molecular weight excluding hydrogens is 326 g/mol. The van der Waals surface area contributed by atoms with Crippen molar-refractivity contribution in [2.24, 2.45) is 0 Å². The molecule has 0 spiro atoms. The molecule has 0 saturated carbocycles.